The number of nitrogens with one attached hydrogen (secondary N) is 2. The molecule has 4 aromatic rings. The Kier molecular flexibility index (Phi) is 12.5. The van der Waals surface area contributed by atoms with Gasteiger partial charge in [0.05, 0.1) is 35.2 Å². The number of hydrogen-bond donors (Lipinski definition) is 2. The fraction of sp³-hybridized carbons (Fsp3) is 0.500. The predicted octanol–water partition coefficient (Wildman–Crippen LogP) is 8.85. The first kappa shape index (κ1) is 47.2. The van der Waals surface area contributed by atoms with Crippen molar-refractivity contribution in [3.05, 3.63) is 81.3 Å². The smallest absolute Gasteiger partial charge is 0.416 e. The monoisotopic (exact) mass is 943 g/mol. The number of carbonyl (C=O) groups is 3. The summed E-state index contributed by atoms with van der Waals surface area (Å²) in [5.74, 6) is -1.35. The molecular weight excluding hydrogens is 891 g/mol. The van der Waals surface area contributed by atoms with Crippen LogP contribution in [0.15, 0.2) is 48.4 Å². The number of alkyl halides is 3. The molecule has 2 aromatic carbocycles. The molecule has 1 saturated heterocycles. The van der Waals surface area contributed by atoms with Crippen LogP contribution < -0.4 is 19.5 Å². The standard InChI is InChI=1S/C46H53ClF3N5O7S2/c1-10-27-19-45(27,42(58)54-64(59,60)44(8)13-14-44)53-40(57)35-17-29(22-55(35)38(56)21-43(6,7)20-31-25(4)15-28(16-32(31)47)46(48,49)50)62-37-18-33(41-52-34(23-63-41)24(2)3)51-39-26(5)36(61-9)12-11-30(37)39/h10-12,15-16,18,23-24,27,29,35H,1,13-14,17,19-22H2,2-9H3,(H,53,57)(H,54,58). The van der Waals surface area contributed by atoms with Gasteiger partial charge in [0, 0.05) is 46.2 Å². The first-order valence-electron chi connectivity index (χ1n) is 21.1. The van der Waals surface area contributed by atoms with Gasteiger partial charge in [0.2, 0.25) is 21.8 Å². The first-order chi connectivity index (χ1) is 29.8. The van der Waals surface area contributed by atoms with Crippen molar-refractivity contribution in [2.24, 2.45) is 11.3 Å². The zero-order valence-electron chi connectivity index (χ0n) is 37.0. The highest BCUT2D eigenvalue weighted by atomic mass is 35.5. The highest BCUT2D eigenvalue weighted by Gasteiger charge is 2.63. The Balaban J connectivity index is 1.21. The van der Waals surface area contributed by atoms with E-state index in [4.69, 9.17) is 31.0 Å². The van der Waals surface area contributed by atoms with Crippen molar-refractivity contribution in [3.63, 3.8) is 0 Å². The molecule has 2 N–H and O–H groups in total. The highest BCUT2D eigenvalue weighted by molar-refractivity contribution is 7.91. The normalized spacial score (nSPS) is 21.8. The van der Waals surface area contributed by atoms with Crippen molar-refractivity contribution in [3.8, 4) is 22.2 Å². The first-order valence-corrected chi connectivity index (χ1v) is 23.8. The summed E-state index contributed by atoms with van der Waals surface area (Å²) in [5, 5.41) is 6.06. The maximum atomic E-state index is 14.6. The van der Waals surface area contributed by atoms with E-state index in [-0.39, 0.29) is 43.2 Å². The third kappa shape index (κ3) is 9.21. The van der Waals surface area contributed by atoms with E-state index in [0.717, 1.165) is 23.4 Å². The second-order valence-corrected chi connectivity index (χ2v) is 22.2. The lowest BCUT2D eigenvalue weighted by Gasteiger charge is -2.31. The lowest BCUT2D eigenvalue weighted by atomic mass is 9.80. The van der Waals surface area contributed by atoms with Crippen LogP contribution in [0, 0.1) is 25.2 Å². The third-order valence-electron chi connectivity index (χ3n) is 12.8. The largest absolute Gasteiger partial charge is 0.496 e. The molecule has 2 aromatic heterocycles. The molecule has 18 heteroatoms. The van der Waals surface area contributed by atoms with Crippen LogP contribution in [-0.2, 0) is 37.0 Å². The van der Waals surface area contributed by atoms with E-state index in [1.54, 1.807) is 40.0 Å². The van der Waals surface area contributed by atoms with Crippen LogP contribution >= 0.6 is 22.9 Å². The minimum atomic E-state index is -4.59. The van der Waals surface area contributed by atoms with E-state index in [9.17, 15) is 36.0 Å². The zero-order valence-corrected chi connectivity index (χ0v) is 39.4. The van der Waals surface area contributed by atoms with Crippen molar-refractivity contribution in [1.82, 2.24) is 24.9 Å². The molecule has 1 aliphatic heterocycles. The molecule has 344 valence electrons. The number of pyridine rings is 1. The summed E-state index contributed by atoms with van der Waals surface area (Å²) in [6.45, 7) is 16.4. The Morgan fingerprint density at radius 3 is 2.39 bits per heavy atom. The van der Waals surface area contributed by atoms with Crippen LogP contribution in [0.5, 0.6) is 11.5 Å². The number of rotatable bonds is 15. The summed E-state index contributed by atoms with van der Waals surface area (Å²) >= 11 is 7.88. The number of halogens is 4. The Hall–Kier alpha value is -4.74. The summed E-state index contributed by atoms with van der Waals surface area (Å²) in [6.07, 6.45) is -2.96. The van der Waals surface area contributed by atoms with Gasteiger partial charge in [-0.15, -0.1) is 17.9 Å². The summed E-state index contributed by atoms with van der Waals surface area (Å²) in [5.41, 5.74) is 0.275. The number of nitrogens with zero attached hydrogens (tertiary/aromatic N) is 3. The van der Waals surface area contributed by atoms with Crippen LogP contribution in [0.25, 0.3) is 21.6 Å². The maximum absolute atomic E-state index is 14.6. The summed E-state index contributed by atoms with van der Waals surface area (Å²) < 4.78 is 80.5. The van der Waals surface area contributed by atoms with Gasteiger partial charge in [0.25, 0.3) is 5.91 Å². The number of aromatic nitrogens is 2. The van der Waals surface area contributed by atoms with Crippen molar-refractivity contribution in [2.75, 3.05) is 13.7 Å². The van der Waals surface area contributed by atoms with Crippen LogP contribution in [0.1, 0.15) is 101 Å². The number of likely N-dealkylation sites (tertiary alicyclic amines) is 1. The second kappa shape index (κ2) is 16.9. The molecule has 12 nitrogen and oxygen atoms in total. The summed E-state index contributed by atoms with van der Waals surface area (Å²) in [4.78, 5) is 54.2. The van der Waals surface area contributed by atoms with E-state index in [1.165, 1.54) is 29.2 Å². The molecule has 3 fully saturated rings. The molecular formula is C46H53ClF3N5O7S2. The molecule has 3 aliphatic rings. The number of sulfonamides is 1. The Bertz CT molecular complexity index is 2640. The molecule has 2 aliphatic carbocycles. The second-order valence-electron chi connectivity index (χ2n) is 18.7. The van der Waals surface area contributed by atoms with Crippen LogP contribution in [0.3, 0.4) is 0 Å². The quantitative estimate of drug-likeness (QED) is 0.111. The zero-order chi connectivity index (χ0) is 46.9. The van der Waals surface area contributed by atoms with Gasteiger partial charge in [-0.2, -0.15) is 13.2 Å². The molecule has 64 heavy (non-hydrogen) atoms. The van der Waals surface area contributed by atoms with E-state index < -0.39 is 73.2 Å². The lowest BCUT2D eigenvalue weighted by molar-refractivity contribution is -0.141. The number of hydrogen-bond acceptors (Lipinski definition) is 10. The number of carbonyl (C=O) groups excluding carboxylic acids is 3. The average Bonchev–Trinajstić information content (AvgIpc) is 3.99. The minimum Gasteiger partial charge on any atom is -0.496 e. The molecule has 4 unspecified atom stereocenters. The van der Waals surface area contributed by atoms with E-state index in [2.05, 4.69) is 16.6 Å². The summed E-state index contributed by atoms with van der Waals surface area (Å²) in [7, 11) is -2.48. The van der Waals surface area contributed by atoms with Gasteiger partial charge in [-0.05, 0) is 93.2 Å². The molecule has 0 spiro atoms. The molecule has 0 radical (unpaired) electrons. The number of methoxy groups -OCH3 is 1. The number of thiazole rings is 1. The van der Waals surface area contributed by atoms with Gasteiger partial charge in [0.1, 0.15) is 39.9 Å². The molecule has 0 bridgehead atoms. The van der Waals surface area contributed by atoms with Crippen LogP contribution in [-0.4, -0.2) is 77.1 Å². The molecule has 4 atom stereocenters. The fourth-order valence-corrected chi connectivity index (χ4v) is 11.0. The maximum Gasteiger partial charge on any atom is 0.416 e. The SMILES string of the molecule is C=CC1CC1(NC(=O)C1CC(Oc2cc(-c3nc(C(C)C)cs3)nc3c(C)c(OC)ccc23)CN1C(=O)CC(C)(C)Cc1c(C)cc(C(F)(F)F)cc1Cl)C(=O)NS(=O)(=O)C1(C)CC1. The van der Waals surface area contributed by atoms with Gasteiger partial charge in [0.15, 0.2) is 0 Å². The van der Waals surface area contributed by atoms with Gasteiger partial charge in [-0.1, -0.05) is 45.4 Å². The number of aryl methyl sites for hydroxylation is 2. The average molecular weight is 945 g/mol. The van der Waals surface area contributed by atoms with Crippen LogP contribution in [0.4, 0.5) is 13.2 Å². The topological polar surface area (TPSA) is 157 Å². The third-order valence-corrected chi connectivity index (χ3v) is 16.2. The van der Waals surface area contributed by atoms with Crippen molar-refractivity contribution in [2.45, 2.75) is 122 Å². The van der Waals surface area contributed by atoms with E-state index in [1.807, 2.05) is 32.2 Å². The Labute approximate surface area is 380 Å². The Morgan fingerprint density at radius 2 is 1.81 bits per heavy atom. The lowest BCUT2D eigenvalue weighted by Crippen LogP contribution is -2.57. The predicted molar refractivity (Wildman–Crippen MR) is 240 cm³/mol. The number of benzene rings is 2. The Morgan fingerprint density at radius 1 is 1.11 bits per heavy atom. The molecule has 2 saturated carbocycles. The molecule has 3 amide bonds. The number of ether oxygens (including phenoxy) is 2. The highest BCUT2D eigenvalue weighted by Crippen LogP contribution is 2.48. The van der Waals surface area contributed by atoms with Gasteiger partial charge in [-0.3, -0.25) is 19.1 Å². The molecule has 7 rings (SSSR count). The van der Waals surface area contributed by atoms with Crippen molar-refractivity contribution in [1.29, 1.82) is 0 Å². The van der Waals surface area contributed by atoms with Gasteiger partial charge in [-0.25, -0.2) is 18.4 Å². The van der Waals surface area contributed by atoms with E-state index in [0.29, 0.717) is 57.1 Å². The van der Waals surface area contributed by atoms with E-state index >= 15 is 0 Å². The van der Waals surface area contributed by atoms with Gasteiger partial charge >= 0.3 is 6.18 Å². The summed E-state index contributed by atoms with van der Waals surface area (Å²) in [6, 6.07) is 6.16. The fourth-order valence-electron chi connectivity index (χ4n) is 8.39. The number of amides is 3. The van der Waals surface area contributed by atoms with Crippen molar-refractivity contribution < 1.29 is 45.4 Å². The van der Waals surface area contributed by atoms with Crippen LogP contribution in [0.2, 0.25) is 5.02 Å². The molecule has 3 heterocycles. The van der Waals surface area contributed by atoms with Crippen molar-refractivity contribution >= 4 is 61.6 Å². The number of fused-ring (bicyclic) bond motifs is 1. The minimum absolute atomic E-state index is 0.00228. The van der Waals surface area contributed by atoms with Gasteiger partial charge < -0.3 is 19.7 Å².